The van der Waals surface area contributed by atoms with E-state index in [1.54, 1.807) is 17.2 Å². The average molecular weight is 224 g/mol. The minimum absolute atomic E-state index is 0. The van der Waals surface area contributed by atoms with E-state index in [-0.39, 0.29) is 16.5 Å². The molecule has 0 aromatic heterocycles. The van der Waals surface area contributed by atoms with E-state index < -0.39 is 12.0 Å². The maximum absolute atomic E-state index is 10.2. The fourth-order valence-corrected chi connectivity index (χ4v) is 0.950. The van der Waals surface area contributed by atoms with Gasteiger partial charge in [-0.2, -0.15) is 17.2 Å². The Labute approximate surface area is 79.6 Å². The van der Waals surface area contributed by atoms with Gasteiger partial charge in [0.1, 0.15) is 6.04 Å². The van der Waals surface area contributed by atoms with Crippen LogP contribution in [0.3, 0.4) is 0 Å². The smallest absolute Gasteiger partial charge is 0.323 e. The topological polar surface area (TPSA) is 69.6 Å². The van der Waals surface area contributed by atoms with Crippen molar-refractivity contribution in [1.82, 2.24) is 5.48 Å². The molecule has 0 saturated heterocycles. The van der Waals surface area contributed by atoms with Gasteiger partial charge in [-0.3, -0.25) is 4.79 Å². The van der Waals surface area contributed by atoms with Crippen LogP contribution in [0.1, 0.15) is 6.42 Å². The molecule has 70 valence electrons. The molecule has 3 N–H and O–H groups in total. The number of carboxylic acids is 1. The van der Waals surface area contributed by atoms with Crippen LogP contribution in [0.25, 0.3) is 0 Å². The predicted octanol–water partition coefficient (Wildman–Crippen LogP) is 0.169. The predicted molar refractivity (Wildman–Crippen MR) is 39.3 cm³/mol. The molecule has 1 unspecified atom stereocenters. The summed E-state index contributed by atoms with van der Waals surface area (Å²) < 4.78 is 0. The first-order valence-electron chi connectivity index (χ1n) is 2.83. The summed E-state index contributed by atoms with van der Waals surface area (Å²) in [7, 11) is 0. The summed E-state index contributed by atoms with van der Waals surface area (Å²) in [6.45, 7) is 0. The van der Waals surface area contributed by atoms with Gasteiger partial charge in [-0.25, -0.2) is 0 Å². The fourth-order valence-electron chi connectivity index (χ4n) is 0.479. The van der Waals surface area contributed by atoms with Gasteiger partial charge in [0.2, 0.25) is 0 Å². The molecule has 0 aliphatic heterocycles. The molecule has 0 aliphatic rings. The van der Waals surface area contributed by atoms with Crippen LogP contribution in [0.2, 0.25) is 0 Å². The van der Waals surface area contributed by atoms with Crippen LogP contribution in [0, 0.1) is 0 Å². The number of hydroxylamine groups is 1. The van der Waals surface area contributed by atoms with Gasteiger partial charge in [-0.15, -0.1) is 0 Å². The molecule has 0 aromatic carbocycles. The maximum Gasteiger partial charge on any atom is 0.323 e. The SMILES string of the molecule is CSCCC(NO)C(=O)O.[Ni]. The molecule has 4 nitrogen and oxygen atoms in total. The summed E-state index contributed by atoms with van der Waals surface area (Å²) in [6.07, 6.45) is 2.32. The van der Waals surface area contributed by atoms with Crippen molar-refractivity contribution < 1.29 is 31.6 Å². The van der Waals surface area contributed by atoms with E-state index in [4.69, 9.17) is 10.3 Å². The molecule has 0 fully saturated rings. The van der Waals surface area contributed by atoms with Crippen LogP contribution in [-0.4, -0.2) is 34.3 Å². The third-order valence-electron chi connectivity index (χ3n) is 1.06. The Kier molecular flexibility index (Phi) is 10.5. The first kappa shape index (κ1) is 13.8. The van der Waals surface area contributed by atoms with Crippen LogP contribution in [0.4, 0.5) is 0 Å². The van der Waals surface area contributed by atoms with E-state index in [0.717, 1.165) is 5.75 Å². The molecule has 0 heterocycles. The monoisotopic (exact) mass is 223 g/mol. The van der Waals surface area contributed by atoms with E-state index in [1.807, 2.05) is 6.26 Å². The molecule has 0 bridgehead atoms. The summed E-state index contributed by atoms with van der Waals surface area (Å²) in [5.74, 6) is -0.290. The van der Waals surface area contributed by atoms with Gasteiger partial charge in [0, 0.05) is 16.5 Å². The molecular weight excluding hydrogens is 213 g/mol. The Morgan fingerprint density at radius 2 is 2.27 bits per heavy atom. The van der Waals surface area contributed by atoms with Crippen LogP contribution in [-0.2, 0) is 21.3 Å². The van der Waals surface area contributed by atoms with Crippen molar-refractivity contribution in [3.63, 3.8) is 0 Å². The zero-order valence-electron chi connectivity index (χ0n) is 6.02. The molecule has 0 saturated carbocycles. The van der Waals surface area contributed by atoms with Gasteiger partial charge in [0.05, 0.1) is 0 Å². The van der Waals surface area contributed by atoms with E-state index >= 15 is 0 Å². The zero-order valence-corrected chi connectivity index (χ0v) is 7.82. The summed E-state index contributed by atoms with van der Waals surface area (Å²) in [6, 6.07) is -0.826. The molecule has 0 rings (SSSR count). The first-order chi connectivity index (χ1) is 4.72. The minimum atomic E-state index is -1.02. The fraction of sp³-hybridized carbons (Fsp3) is 0.800. The van der Waals surface area contributed by atoms with Gasteiger partial charge >= 0.3 is 5.97 Å². The van der Waals surface area contributed by atoms with Crippen molar-refractivity contribution in [1.29, 1.82) is 0 Å². The Balaban J connectivity index is 0. The van der Waals surface area contributed by atoms with E-state index in [1.165, 1.54) is 0 Å². The van der Waals surface area contributed by atoms with Gasteiger partial charge in [0.15, 0.2) is 0 Å². The van der Waals surface area contributed by atoms with Crippen LogP contribution in [0.5, 0.6) is 0 Å². The van der Waals surface area contributed by atoms with E-state index in [0.29, 0.717) is 6.42 Å². The molecule has 6 heteroatoms. The molecular formula is C5H11NNiO3S. The van der Waals surface area contributed by atoms with Crippen molar-refractivity contribution in [2.45, 2.75) is 12.5 Å². The third-order valence-corrected chi connectivity index (χ3v) is 1.71. The normalized spacial score (nSPS) is 11.8. The Morgan fingerprint density at radius 1 is 1.73 bits per heavy atom. The number of aliphatic carboxylic acids is 1. The molecule has 11 heavy (non-hydrogen) atoms. The summed E-state index contributed by atoms with van der Waals surface area (Å²) >= 11 is 1.55. The van der Waals surface area contributed by atoms with Gasteiger partial charge < -0.3 is 10.3 Å². The number of carbonyl (C=O) groups is 1. The Hall–Kier alpha value is 0.234. The van der Waals surface area contributed by atoms with Crippen LogP contribution < -0.4 is 5.48 Å². The van der Waals surface area contributed by atoms with Crippen molar-refractivity contribution in [2.75, 3.05) is 12.0 Å². The number of rotatable bonds is 5. The number of carboxylic acid groups (broad SMARTS) is 1. The number of thioether (sulfide) groups is 1. The van der Waals surface area contributed by atoms with Crippen LogP contribution >= 0.6 is 11.8 Å². The number of hydrogen-bond donors (Lipinski definition) is 3. The molecule has 1 atom stereocenters. The van der Waals surface area contributed by atoms with Crippen molar-refractivity contribution in [2.24, 2.45) is 0 Å². The summed E-state index contributed by atoms with van der Waals surface area (Å²) in [5.41, 5.74) is 1.72. The van der Waals surface area contributed by atoms with E-state index in [9.17, 15) is 4.79 Å². The zero-order chi connectivity index (χ0) is 7.98. The second-order valence-electron chi connectivity index (χ2n) is 1.80. The molecule has 0 aromatic rings. The van der Waals surface area contributed by atoms with Crippen molar-refractivity contribution in [3.05, 3.63) is 0 Å². The van der Waals surface area contributed by atoms with Gasteiger partial charge in [-0.05, 0) is 18.4 Å². The number of hydrogen-bond acceptors (Lipinski definition) is 4. The summed E-state index contributed by atoms with van der Waals surface area (Å²) in [5, 5.41) is 16.7. The molecule has 0 radical (unpaired) electrons. The summed E-state index contributed by atoms with van der Waals surface area (Å²) in [4.78, 5) is 10.2. The van der Waals surface area contributed by atoms with E-state index in [2.05, 4.69) is 0 Å². The third kappa shape index (κ3) is 6.62. The minimum Gasteiger partial charge on any atom is -0.480 e. The quantitative estimate of drug-likeness (QED) is 0.458. The standard InChI is InChI=1S/C5H11NO3S.Ni/c1-10-3-2-4(6-9)5(7)8;/h4,6,9H,2-3H2,1H3,(H,7,8);. The average Bonchev–Trinajstić information content (AvgIpc) is 1.89. The maximum atomic E-state index is 10.2. The molecule has 0 amide bonds. The van der Waals surface area contributed by atoms with Crippen molar-refractivity contribution >= 4 is 17.7 Å². The Morgan fingerprint density at radius 3 is 2.55 bits per heavy atom. The second kappa shape index (κ2) is 8.33. The van der Waals surface area contributed by atoms with Gasteiger partial charge in [0.25, 0.3) is 0 Å². The molecule has 0 aliphatic carbocycles. The second-order valence-corrected chi connectivity index (χ2v) is 2.79. The van der Waals surface area contributed by atoms with Crippen LogP contribution in [0.15, 0.2) is 0 Å². The van der Waals surface area contributed by atoms with Gasteiger partial charge in [-0.1, -0.05) is 0 Å². The number of nitrogens with one attached hydrogen (secondary N) is 1. The molecule has 0 spiro atoms. The Bertz CT molecular complexity index is 114. The largest absolute Gasteiger partial charge is 0.480 e. The first-order valence-corrected chi connectivity index (χ1v) is 4.23. The van der Waals surface area contributed by atoms with Crippen molar-refractivity contribution in [3.8, 4) is 0 Å².